The van der Waals surface area contributed by atoms with Gasteiger partial charge in [0, 0.05) is 47.7 Å². The minimum absolute atomic E-state index is 0.167. The number of aromatic nitrogens is 2. The van der Waals surface area contributed by atoms with Crippen LogP contribution in [0.2, 0.25) is 0 Å². The Bertz CT molecular complexity index is 1320. The number of sulfonamides is 1. The predicted octanol–water partition coefficient (Wildman–Crippen LogP) is 3.34. The van der Waals surface area contributed by atoms with Crippen molar-refractivity contribution in [2.75, 3.05) is 31.6 Å². The van der Waals surface area contributed by atoms with Crippen LogP contribution in [0.3, 0.4) is 0 Å². The molecule has 0 atom stereocenters. The number of thiazole rings is 1. The SMILES string of the molecule is O=C(Nc1ccc(-c2cn3ccsc3n2)cc1)c1ccc(S(=O)(=O)N2CCOCC2)cc1. The summed E-state index contributed by atoms with van der Waals surface area (Å²) < 4.78 is 34.0. The second kappa shape index (κ2) is 8.47. The maximum Gasteiger partial charge on any atom is 0.255 e. The van der Waals surface area contributed by atoms with Crippen molar-refractivity contribution in [3.8, 4) is 11.3 Å². The molecule has 2 aromatic heterocycles. The minimum atomic E-state index is -3.59. The van der Waals surface area contributed by atoms with Gasteiger partial charge < -0.3 is 10.1 Å². The molecular weight excluding hydrogens is 448 g/mol. The number of fused-ring (bicyclic) bond motifs is 1. The molecule has 164 valence electrons. The van der Waals surface area contributed by atoms with Gasteiger partial charge in [0.1, 0.15) is 0 Å². The largest absolute Gasteiger partial charge is 0.379 e. The average Bonchev–Trinajstić information content (AvgIpc) is 3.43. The Morgan fingerprint density at radius 2 is 1.75 bits per heavy atom. The van der Waals surface area contributed by atoms with Gasteiger partial charge in [-0.3, -0.25) is 9.20 Å². The van der Waals surface area contributed by atoms with Crippen molar-refractivity contribution in [3.05, 3.63) is 71.9 Å². The zero-order valence-corrected chi connectivity index (χ0v) is 18.6. The molecule has 10 heteroatoms. The molecule has 3 heterocycles. The lowest BCUT2D eigenvalue weighted by molar-refractivity contribution is 0.0730. The molecule has 0 aliphatic carbocycles. The summed E-state index contributed by atoms with van der Waals surface area (Å²) in [6.07, 6.45) is 3.93. The first-order valence-electron chi connectivity index (χ1n) is 10.0. The number of morpholine rings is 1. The molecule has 1 amide bonds. The number of hydrogen-bond donors (Lipinski definition) is 1. The predicted molar refractivity (Wildman–Crippen MR) is 122 cm³/mol. The molecule has 1 aliphatic heterocycles. The van der Waals surface area contributed by atoms with Gasteiger partial charge in [0.15, 0.2) is 4.96 Å². The number of anilines is 1. The van der Waals surface area contributed by atoms with E-state index in [1.807, 2.05) is 46.4 Å². The Balaban J connectivity index is 1.27. The van der Waals surface area contributed by atoms with Gasteiger partial charge in [0.05, 0.1) is 23.8 Å². The zero-order valence-electron chi connectivity index (χ0n) is 17.0. The lowest BCUT2D eigenvalue weighted by Crippen LogP contribution is -2.40. The molecule has 8 nitrogen and oxygen atoms in total. The van der Waals surface area contributed by atoms with Gasteiger partial charge in [-0.2, -0.15) is 4.31 Å². The van der Waals surface area contributed by atoms with Crippen molar-refractivity contribution in [1.29, 1.82) is 0 Å². The maximum atomic E-state index is 12.7. The molecule has 0 saturated carbocycles. The molecule has 0 unspecified atom stereocenters. The van der Waals surface area contributed by atoms with Crippen molar-refractivity contribution < 1.29 is 17.9 Å². The van der Waals surface area contributed by atoms with E-state index in [0.717, 1.165) is 16.2 Å². The number of hydrogen-bond acceptors (Lipinski definition) is 6. The molecule has 4 aromatic rings. The Kier molecular flexibility index (Phi) is 5.51. The molecule has 0 spiro atoms. The van der Waals surface area contributed by atoms with Crippen LogP contribution >= 0.6 is 11.3 Å². The number of rotatable bonds is 5. The normalized spacial score (nSPS) is 15.1. The molecule has 5 rings (SSSR count). The van der Waals surface area contributed by atoms with Crippen LogP contribution in [0.5, 0.6) is 0 Å². The highest BCUT2D eigenvalue weighted by atomic mass is 32.2. The van der Waals surface area contributed by atoms with E-state index < -0.39 is 10.0 Å². The van der Waals surface area contributed by atoms with Crippen molar-refractivity contribution in [2.24, 2.45) is 0 Å². The van der Waals surface area contributed by atoms with E-state index in [1.54, 1.807) is 11.3 Å². The van der Waals surface area contributed by atoms with Gasteiger partial charge >= 0.3 is 0 Å². The molecule has 32 heavy (non-hydrogen) atoms. The molecule has 2 aromatic carbocycles. The van der Waals surface area contributed by atoms with Gasteiger partial charge in [0.2, 0.25) is 10.0 Å². The summed E-state index contributed by atoms with van der Waals surface area (Å²) in [6.45, 7) is 1.43. The molecule has 0 bridgehead atoms. The number of amides is 1. The Morgan fingerprint density at radius 3 is 2.44 bits per heavy atom. The summed E-state index contributed by atoms with van der Waals surface area (Å²) in [4.78, 5) is 18.3. The van der Waals surface area contributed by atoms with Crippen molar-refractivity contribution in [3.63, 3.8) is 0 Å². The molecule has 1 aliphatic rings. The number of imidazole rings is 1. The van der Waals surface area contributed by atoms with Crippen molar-refractivity contribution >= 4 is 37.9 Å². The number of ether oxygens (including phenoxy) is 1. The van der Waals surface area contributed by atoms with Gasteiger partial charge in [-0.05, 0) is 36.4 Å². The summed E-state index contributed by atoms with van der Waals surface area (Å²) in [5, 5.41) is 4.82. The first kappa shape index (κ1) is 20.8. The lowest BCUT2D eigenvalue weighted by Gasteiger charge is -2.26. The summed E-state index contributed by atoms with van der Waals surface area (Å²) in [5.74, 6) is -0.310. The van der Waals surface area contributed by atoms with Gasteiger partial charge in [-0.1, -0.05) is 12.1 Å². The summed E-state index contributed by atoms with van der Waals surface area (Å²) in [7, 11) is -3.59. The highest BCUT2D eigenvalue weighted by Gasteiger charge is 2.26. The minimum Gasteiger partial charge on any atom is -0.379 e. The fraction of sp³-hybridized carbons (Fsp3) is 0.182. The van der Waals surface area contributed by atoms with Crippen LogP contribution in [-0.4, -0.2) is 54.3 Å². The second-order valence-corrected chi connectivity index (χ2v) is 10.1. The van der Waals surface area contributed by atoms with Crippen molar-refractivity contribution in [2.45, 2.75) is 4.90 Å². The third kappa shape index (κ3) is 4.05. The first-order chi connectivity index (χ1) is 15.5. The number of carbonyl (C=O) groups is 1. The highest BCUT2D eigenvalue weighted by Crippen LogP contribution is 2.24. The zero-order chi connectivity index (χ0) is 22.1. The first-order valence-corrected chi connectivity index (χ1v) is 12.3. The molecule has 1 saturated heterocycles. The quantitative estimate of drug-likeness (QED) is 0.485. The fourth-order valence-electron chi connectivity index (χ4n) is 3.51. The smallest absolute Gasteiger partial charge is 0.255 e. The van der Waals surface area contributed by atoms with Crippen LogP contribution in [0.15, 0.2) is 71.2 Å². The molecule has 1 N–H and O–H groups in total. The summed E-state index contributed by atoms with van der Waals surface area (Å²) in [6, 6.07) is 13.4. The monoisotopic (exact) mass is 468 g/mol. The van der Waals surface area contributed by atoms with E-state index in [-0.39, 0.29) is 10.8 Å². The Hall–Kier alpha value is -3.05. The highest BCUT2D eigenvalue weighted by molar-refractivity contribution is 7.89. The van der Waals surface area contributed by atoms with Gasteiger partial charge in [-0.25, -0.2) is 13.4 Å². The van der Waals surface area contributed by atoms with Crippen LogP contribution < -0.4 is 5.32 Å². The van der Waals surface area contributed by atoms with Gasteiger partial charge in [0.25, 0.3) is 5.91 Å². The number of nitrogens with one attached hydrogen (secondary N) is 1. The van der Waals surface area contributed by atoms with Crippen LogP contribution in [0.1, 0.15) is 10.4 Å². The second-order valence-electron chi connectivity index (χ2n) is 7.29. The van der Waals surface area contributed by atoms with Crippen molar-refractivity contribution in [1.82, 2.24) is 13.7 Å². The molecule has 0 radical (unpaired) electrons. The Labute approximate surface area is 189 Å². The van der Waals surface area contributed by atoms with E-state index in [1.165, 1.54) is 28.6 Å². The van der Waals surface area contributed by atoms with E-state index in [9.17, 15) is 13.2 Å². The van der Waals surface area contributed by atoms with E-state index in [2.05, 4.69) is 10.3 Å². The van der Waals surface area contributed by atoms with Crippen LogP contribution in [-0.2, 0) is 14.8 Å². The molecular formula is C22H20N4O4S2. The number of carbonyl (C=O) groups excluding carboxylic acids is 1. The van der Waals surface area contributed by atoms with E-state index in [4.69, 9.17) is 4.74 Å². The summed E-state index contributed by atoms with van der Waals surface area (Å²) >= 11 is 1.57. The maximum absolute atomic E-state index is 12.7. The third-order valence-corrected chi connectivity index (χ3v) is 7.94. The van der Waals surface area contributed by atoms with Gasteiger partial charge in [-0.15, -0.1) is 11.3 Å². The standard InChI is InChI=1S/C22H20N4O4S2/c27-21(17-3-7-19(8-4-17)32(28,29)26-9-12-30-13-10-26)23-18-5-1-16(2-6-18)20-15-25-11-14-31-22(25)24-20/h1-8,11,14-15H,9-10,12-13H2,(H,23,27). The van der Waals surface area contributed by atoms with E-state index >= 15 is 0 Å². The molecule has 1 fully saturated rings. The number of nitrogens with zero attached hydrogens (tertiary/aromatic N) is 3. The average molecular weight is 469 g/mol. The van der Waals surface area contributed by atoms with Crippen LogP contribution in [0.25, 0.3) is 16.2 Å². The number of benzene rings is 2. The third-order valence-electron chi connectivity index (χ3n) is 5.26. The van der Waals surface area contributed by atoms with Crippen LogP contribution in [0, 0.1) is 0 Å². The lowest BCUT2D eigenvalue weighted by atomic mass is 10.1. The Morgan fingerprint density at radius 1 is 1.03 bits per heavy atom. The topological polar surface area (TPSA) is 93.0 Å². The van der Waals surface area contributed by atoms with E-state index in [0.29, 0.717) is 37.6 Å². The van der Waals surface area contributed by atoms with Crippen LogP contribution in [0.4, 0.5) is 5.69 Å². The fourth-order valence-corrected chi connectivity index (χ4v) is 5.62. The summed E-state index contributed by atoms with van der Waals surface area (Å²) in [5.41, 5.74) is 2.84.